The Bertz CT molecular complexity index is 1600. The van der Waals surface area contributed by atoms with Crippen LogP contribution in [0.5, 0.6) is 0 Å². The van der Waals surface area contributed by atoms with E-state index >= 15 is 0 Å². The van der Waals surface area contributed by atoms with Crippen molar-refractivity contribution in [1.82, 2.24) is 0 Å². The molecule has 0 unspecified atom stereocenters. The predicted molar refractivity (Wildman–Crippen MR) is 146 cm³/mol. The molecule has 3 heterocycles. The molecule has 3 aliphatic rings. The highest BCUT2D eigenvalue weighted by Gasteiger charge is 2.71. The lowest BCUT2D eigenvalue weighted by molar-refractivity contribution is 0.0666. The second-order valence-corrected chi connectivity index (χ2v) is 11.0. The maximum Gasteiger partial charge on any atom is 0.195 e. The summed E-state index contributed by atoms with van der Waals surface area (Å²) in [5.74, 6) is -1.41. The Kier molecular flexibility index (Phi) is 4.91. The monoisotopic (exact) mass is 521 g/mol. The standard InChI is InChI=1S/C31H20ClNO3S/c32-22-12-5-4-11-21(22)26-27(28(34)24-14-7-17-37-24)33-23-13-6-1-8-18(23)15-16-25(33)31(26)29(35)19-9-2-3-10-20(19)30(31)36/h1-17,25-27H/t25-,26-,27+/m1/s1. The summed E-state index contributed by atoms with van der Waals surface area (Å²) < 4.78 is 0. The van der Waals surface area contributed by atoms with Crippen LogP contribution in [0, 0.1) is 5.41 Å². The molecule has 6 heteroatoms. The molecule has 7 rings (SSSR count). The molecule has 1 aromatic heterocycles. The first-order valence-electron chi connectivity index (χ1n) is 12.1. The second kappa shape index (κ2) is 8.10. The van der Waals surface area contributed by atoms with Gasteiger partial charge in [-0.3, -0.25) is 14.4 Å². The summed E-state index contributed by atoms with van der Waals surface area (Å²) in [6.07, 6.45) is 3.89. The summed E-state index contributed by atoms with van der Waals surface area (Å²) in [5, 5.41) is 2.30. The van der Waals surface area contributed by atoms with E-state index in [2.05, 4.69) is 0 Å². The topological polar surface area (TPSA) is 54.5 Å². The van der Waals surface area contributed by atoms with Crippen LogP contribution in [0.4, 0.5) is 5.69 Å². The summed E-state index contributed by atoms with van der Waals surface area (Å²) in [7, 11) is 0. The Morgan fingerprint density at radius 2 is 1.51 bits per heavy atom. The van der Waals surface area contributed by atoms with Crippen molar-refractivity contribution >= 4 is 52.1 Å². The van der Waals surface area contributed by atoms with Gasteiger partial charge in [0.15, 0.2) is 17.3 Å². The minimum Gasteiger partial charge on any atom is -0.352 e. The quantitative estimate of drug-likeness (QED) is 0.222. The number of rotatable bonds is 3. The molecule has 0 bridgehead atoms. The molecule has 4 aromatic rings. The average Bonchev–Trinajstić information content (AvgIpc) is 3.62. The van der Waals surface area contributed by atoms with Crippen LogP contribution in [0.2, 0.25) is 5.02 Å². The molecule has 37 heavy (non-hydrogen) atoms. The third kappa shape index (κ3) is 2.87. The molecule has 3 aromatic carbocycles. The zero-order valence-corrected chi connectivity index (χ0v) is 21.1. The number of hydrogen-bond donors (Lipinski definition) is 0. The maximum absolute atomic E-state index is 14.5. The number of ketones is 3. The van der Waals surface area contributed by atoms with E-state index in [0.29, 0.717) is 26.6 Å². The summed E-state index contributed by atoms with van der Waals surface area (Å²) >= 11 is 8.16. The fraction of sp³-hybridized carbons (Fsp3) is 0.129. The first-order chi connectivity index (χ1) is 18.0. The number of anilines is 1. The van der Waals surface area contributed by atoms with Gasteiger partial charge in [-0.05, 0) is 34.7 Å². The van der Waals surface area contributed by atoms with Crippen LogP contribution in [0.15, 0.2) is 96.4 Å². The molecule has 1 aliphatic carbocycles. The molecule has 1 spiro atoms. The van der Waals surface area contributed by atoms with Crippen LogP contribution in [0.25, 0.3) is 6.08 Å². The van der Waals surface area contributed by atoms with Crippen LogP contribution in [-0.2, 0) is 0 Å². The molecule has 1 fully saturated rings. The Balaban J connectivity index is 1.58. The largest absolute Gasteiger partial charge is 0.352 e. The number of thiophene rings is 1. The van der Waals surface area contributed by atoms with E-state index in [-0.39, 0.29) is 17.3 Å². The lowest BCUT2D eigenvalue weighted by Gasteiger charge is -2.37. The van der Waals surface area contributed by atoms with Gasteiger partial charge in [0.25, 0.3) is 0 Å². The van der Waals surface area contributed by atoms with Crippen molar-refractivity contribution < 1.29 is 14.4 Å². The number of Topliss-reactive ketones (excluding diaryl/α,β-unsaturated/α-hetero) is 3. The fourth-order valence-electron chi connectivity index (χ4n) is 6.55. The number of fused-ring (bicyclic) bond motifs is 5. The van der Waals surface area contributed by atoms with Gasteiger partial charge in [0.2, 0.25) is 0 Å². The lowest BCUT2D eigenvalue weighted by Crippen LogP contribution is -2.48. The highest BCUT2D eigenvalue weighted by atomic mass is 35.5. The Labute approximate surface area is 222 Å². The molecule has 1 saturated heterocycles. The van der Waals surface area contributed by atoms with E-state index in [4.69, 9.17) is 11.6 Å². The smallest absolute Gasteiger partial charge is 0.195 e. The van der Waals surface area contributed by atoms with E-state index in [1.807, 2.05) is 71.0 Å². The second-order valence-electron chi connectivity index (χ2n) is 9.63. The number of nitrogens with zero attached hydrogens (tertiary/aromatic N) is 1. The molecule has 0 radical (unpaired) electrons. The molecular formula is C31H20ClNO3S. The molecule has 0 N–H and O–H groups in total. The van der Waals surface area contributed by atoms with Crippen LogP contribution < -0.4 is 4.90 Å². The summed E-state index contributed by atoms with van der Waals surface area (Å²) in [5.41, 5.74) is 1.68. The van der Waals surface area contributed by atoms with Crippen molar-refractivity contribution in [2.75, 3.05) is 4.90 Å². The maximum atomic E-state index is 14.5. The van der Waals surface area contributed by atoms with Crippen molar-refractivity contribution in [2.45, 2.75) is 18.0 Å². The minimum absolute atomic E-state index is 0.122. The minimum atomic E-state index is -1.53. The summed E-state index contributed by atoms with van der Waals surface area (Å²) in [6, 6.07) is 24.3. The molecule has 0 saturated carbocycles. The summed E-state index contributed by atoms with van der Waals surface area (Å²) in [6.45, 7) is 0. The van der Waals surface area contributed by atoms with E-state index in [1.165, 1.54) is 11.3 Å². The number of carbonyl (C=O) groups is 3. The van der Waals surface area contributed by atoms with Gasteiger partial charge in [0.1, 0.15) is 11.5 Å². The number of benzene rings is 3. The van der Waals surface area contributed by atoms with E-state index in [0.717, 1.165) is 11.3 Å². The van der Waals surface area contributed by atoms with Gasteiger partial charge in [-0.2, -0.15) is 0 Å². The average molecular weight is 522 g/mol. The lowest BCUT2D eigenvalue weighted by atomic mass is 9.64. The molecule has 2 aliphatic heterocycles. The zero-order chi connectivity index (χ0) is 25.3. The van der Waals surface area contributed by atoms with Crippen molar-refractivity contribution in [3.05, 3.63) is 129 Å². The van der Waals surface area contributed by atoms with Gasteiger partial charge < -0.3 is 4.90 Å². The third-order valence-electron chi connectivity index (χ3n) is 7.99. The van der Waals surface area contributed by atoms with Gasteiger partial charge in [0.05, 0.1) is 10.9 Å². The van der Waals surface area contributed by atoms with Crippen molar-refractivity contribution in [3.63, 3.8) is 0 Å². The van der Waals surface area contributed by atoms with Crippen LogP contribution >= 0.6 is 22.9 Å². The molecule has 3 atom stereocenters. The molecule has 4 nitrogen and oxygen atoms in total. The van der Waals surface area contributed by atoms with Crippen LogP contribution in [-0.4, -0.2) is 29.4 Å². The van der Waals surface area contributed by atoms with E-state index in [9.17, 15) is 14.4 Å². The highest BCUT2D eigenvalue weighted by molar-refractivity contribution is 7.12. The van der Waals surface area contributed by atoms with Crippen molar-refractivity contribution in [2.24, 2.45) is 5.41 Å². The highest BCUT2D eigenvalue weighted by Crippen LogP contribution is 2.61. The molecule has 180 valence electrons. The third-order valence-corrected chi connectivity index (χ3v) is 9.21. The Morgan fingerprint density at radius 1 is 0.838 bits per heavy atom. The van der Waals surface area contributed by atoms with Gasteiger partial charge >= 0.3 is 0 Å². The number of hydrogen-bond acceptors (Lipinski definition) is 5. The van der Waals surface area contributed by atoms with E-state index < -0.39 is 23.4 Å². The van der Waals surface area contributed by atoms with Crippen molar-refractivity contribution in [3.8, 4) is 0 Å². The zero-order valence-electron chi connectivity index (χ0n) is 19.5. The molecular weight excluding hydrogens is 502 g/mol. The Morgan fingerprint density at radius 3 is 2.22 bits per heavy atom. The molecule has 0 amide bonds. The predicted octanol–water partition coefficient (Wildman–Crippen LogP) is 6.72. The van der Waals surface area contributed by atoms with E-state index in [1.54, 1.807) is 36.4 Å². The van der Waals surface area contributed by atoms with Crippen LogP contribution in [0.3, 0.4) is 0 Å². The van der Waals surface area contributed by atoms with Gasteiger partial charge in [0, 0.05) is 27.8 Å². The Hall–Kier alpha value is -3.80. The number of carbonyl (C=O) groups excluding carboxylic acids is 3. The first kappa shape index (κ1) is 22.4. The first-order valence-corrected chi connectivity index (χ1v) is 13.4. The fourth-order valence-corrected chi connectivity index (χ4v) is 7.50. The number of para-hydroxylation sites is 1. The summed E-state index contributed by atoms with van der Waals surface area (Å²) in [4.78, 5) is 46.0. The van der Waals surface area contributed by atoms with Gasteiger partial charge in [-0.1, -0.05) is 90.5 Å². The number of halogens is 1. The van der Waals surface area contributed by atoms with Gasteiger partial charge in [-0.25, -0.2) is 0 Å². The SMILES string of the molecule is O=C(c1cccs1)[C@@H]1[C@@H](c2ccccc2Cl)C2(C(=O)c3ccccc3C2=O)[C@H]2C=Cc3ccccc3N12. The van der Waals surface area contributed by atoms with Crippen LogP contribution in [0.1, 0.15) is 47.4 Å². The van der Waals surface area contributed by atoms with Gasteiger partial charge in [-0.15, -0.1) is 11.3 Å². The normalized spacial score (nSPS) is 22.7. The van der Waals surface area contributed by atoms with Crippen molar-refractivity contribution in [1.29, 1.82) is 0 Å².